The summed E-state index contributed by atoms with van der Waals surface area (Å²) in [5.41, 5.74) is 1.14. The van der Waals surface area contributed by atoms with Crippen LogP contribution in [0.3, 0.4) is 0 Å². The Kier molecular flexibility index (Phi) is 5.11. The summed E-state index contributed by atoms with van der Waals surface area (Å²) in [6.07, 6.45) is 5.53. The molecule has 4 rings (SSSR count). The van der Waals surface area contributed by atoms with E-state index in [2.05, 4.69) is 22.3 Å². The van der Waals surface area contributed by atoms with Gasteiger partial charge >= 0.3 is 0 Å². The summed E-state index contributed by atoms with van der Waals surface area (Å²) in [5, 5.41) is 3.44. The summed E-state index contributed by atoms with van der Waals surface area (Å²) in [5.74, 6) is 1.72. The highest BCUT2D eigenvalue weighted by Crippen LogP contribution is 2.34. The van der Waals surface area contributed by atoms with Gasteiger partial charge in [-0.15, -0.1) is 0 Å². The first-order chi connectivity index (χ1) is 12.3. The fourth-order valence-corrected chi connectivity index (χ4v) is 4.30. The van der Waals surface area contributed by atoms with Crippen molar-refractivity contribution in [1.29, 1.82) is 0 Å². The van der Waals surface area contributed by atoms with E-state index in [0.29, 0.717) is 12.5 Å². The highest BCUT2D eigenvalue weighted by molar-refractivity contribution is 5.83. The Hall–Kier alpha value is -1.75. The number of anilines is 1. The molecule has 1 atom stereocenters. The van der Waals surface area contributed by atoms with Gasteiger partial charge < -0.3 is 19.9 Å². The van der Waals surface area contributed by atoms with Crippen molar-refractivity contribution >= 4 is 11.6 Å². The molecule has 1 N–H and O–H groups in total. The van der Waals surface area contributed by atoms with Crippen LogP contribution in [-0.2, 0) is 4.79 Å². The maximum absolute atomic E-state index is 13.0. The number of rotatable bonds is 3. The van der Waals surface area contributed by atoms with E-state index < -0.39 is 0 Å². The highest BCUT2D eigenvalue weighted by atomic mass is 16.5. The topological polar surface area (TPSA) is 44.8 Å². The van der Waals surface area contributed by atoms with E-state index in [4.69, 9.17) is 4.74 Å². The molecule has 0 radical (unpaired) electrons. The molecule has 0 aromatic heterocycles. The monoisotopic (exact) mass is 343 g/mol. The quantitative estimate of drug-likeness (QED) is 0.914. The van der Waals surface area contributed by atoms with E-state index in [1.54, 1.807) is 0 Å². The highest BCUT2D eigenvalue weighted by Gasteiger charge is 2.34. The minimum atomic E-state index is -0.366. The molecule has 5 nitrogen and oxygen atoms in total. The number of hydrogen-bond donors (Lipinski definition) is 1. The summed E-state index contributed by atoms with van der Waals surface area (Å²) in [7, 11) is 0. The third kappa shape index (κ3) is 3.76. The van der Waals surface area contributed by atoms with Gasteiger partial charge in [-0.1, -0.05) is 12.1 Å². The van der Waals surface area contributed by atoms with Crippen molar-refractivity contribution in [3.63, 3.8) is 0 Å². The van der Waals surface area contributed by atoms with Gasteiger partial charge in [-0.25, -0.2) is 0 Å². The van der Waals surface area contributed by atoms with Gasteiger partial charge in [0.1, 0.15) is 5.75 Å². The van der Waals surface area contributed by atoms with E-state index in [1.807, 2.05) is 17.0 Å². The molecule has 1 unspecified atom stereocenters. The molecule has 0 spiro atoms. The van der Waals surface area contributed by atoms with Crippen molar-refractivity contribution in [2.24, 2.45) is 5.92 Å². The number of hydrogen-bond acceptors (Lipinski definition) is 4. The number of likely N-dealkylation sites (tertiary alicyclic amines) is 1. The molecule has 2 saturated heterocycles. The molecule has 0 bridgehead atoms. The van der Waals surface area contributed by atoms with Crippen LogP contribution in [0.1, 0.15) is 32.1 Å². The molecular formula is C20H29N3O2. The molecular weight excluding hydrogens is 314 g/mol. The molecule has 3 aliphatic heterocycles. The van der Waals surface area contributed by atoms with Gasteiger partial charge in [-0.05, 0) is 63.2 Å². The Balaban J connectivity index is 1.50. The first-order valence-corrected chi connectivity index (χ1v) is 9.81. The van der Waals surface area contributed by atoms with Crippen LogP contribution >= 0.6 is 0 Å². The van der Waals surface area contributed by atoms with E-state index in [9.17, 15) is 4.79 Å². The molecule has 1 aromatic carbocycles. The standard InChI is InChI=1S/C20H29N3O2/c24-20(22-12-4-1-5-13-22)19-15-23(14-16-8-10-21-11-9-16)17-6-2-3-7-18(17)25-19/h2-3,6-7,16,19,21H,1,4-5,8-15H2. The van der Waals surface area contributed by atoms with Crippen molar-refractivity contribution in [3.8, 4) is 5.75 Å². The summed E-state index contributed by atoms with van der Waals surface area (Å²) in [6.45, 7) is 5.67. The smallest absolute Gasteiger partial charge is 0.265 e. The predicted octanol–water partition coefficient (Wildman–Crippen LogP) is 2.27. The van der Waals surface area contributed by atoms with Crippen LogP contribution in [0.25, 0.3) is 0 Å². The number of amides is 1. The average Bonchev–Trinajstić information content (AvgIpc) is 2.69. The van der Waals surface area contributed by atoms with Crippen LogP contribution in [0.15, 0.2) is 24.3 Å². The summed E-state index contributed by atoms with van der Waals surface area (Å²) in [6, 6.07) is 8.18. The summed E-state index contributed by atoms with van der Waals surface area (Å²) >= 11 is 0. The van der Waals surface area contributed by atoms with Gasteiger partial charge in [0.25, 0.3) is 5.91 Å². The first kappa shape index (κ1) is 16.7. The Bertz CT molecular complexity index is 594. The van der Waals surface area contributed by atoms with E-state index in [1.165, 1.54) is 19.3 Å². The Labute approximate surface area is 150 Å². The molecule has 3 aliphatic rings. The van der Waals surface area contributed by atoms with E-state index >= 15 is 0 Å². The van der Waals surface area contributed by atoms with E-state index in [0.717, 1.165) is 57.0 Å². The summed E-state index contributed by atoms with van der Waals surface area (Å²) in [4.78, 5) is 17.4. The zero-order valence-corrected chi connectivity index (χ0v) is 15.0. The molecule has 0 saturated carbocycles. The van der Waals surface area contributed by atoms with Crippen molar-refractivity contribution in [3.05, 3.63) is 24.3 Å². The maximum Gasteiger partial charge on any atom is 0.265 e. The Morgan fingerprint density at radius 1 is 1.12 bits per heavy atom. The lowest BCUT2D eigenvalue weighted by Gasteiger charge is -2.40. The number of benzene rings is 1. The maximum atomic E-state index is 13.0. The van der Waals surface area contributed by atoms with Gasteiger partial charge in [-0.3, -0.25) is 4.79 Å². The fraction of sp³-hybridized carbons (Fsp3) is 0.650. The number of piperidine rings is 2. The molecule has 1 amide bonds. The molecule has 136 valence electrons. The van der Waals surface area contributed by atoms with Gasteiger partial charge in [0.05, 0.1) is 12.2 Å². The number of carbonyl (C=O) groups is 1. The normalized spacial score (nSPS) is 24.6. The number of fused-ring (bicyclic) bond motifs is 1. The number of nitrogens with zero attached hydrogens (tertiary/aromatic N) is 2. The number of nitrogens with one attached hydrogen (secondary N) is 1. The van der Waals surface area contributed by atoms with Crippen LogP contribution in [0.5, 0.6) is 5.75 Å². The van der Waals surface area contributed by atoms with Crippen molar-refractivity contribution in [2.45, 2.75) is 38.2 Å². The second kappa shape index (κ2) is 7.65. The number of para-hydroxylation sites is 2. The number of ether oxygens (including phenoxy) is 1. The lowest BCUT2D eigenvalue weighted by molar-refractivity contribution is -0.139. The average molecular weight is 343 g/mol. The minimum absolute atomic E-state index is 0.171. The lowest BCUT2D eigenvalue weighted by Crippen LogP contribution is -2.52. The van der Waals surface area contributed by atoms with Crippen LogP contribution in [-0.4, -0.2) is 56.2 Å². The zero-order valence-electron chi connectivity index (χ0n) is 15.0. The third-order valence-electron chi connectivity index (χ3n) is 5.74. The second-order valence-electron chi connectivity index (χ2n) is 7.56. The summed E-state index contributed by atoms with van der Waals surface area (Å²) < 4.78 is 6.12. The van der Waals surface area contributed by atoms with Crippen LogP contribution in [0.4, 0.5) is 5.69 Å². The molecule has 3 heterocycles. The Morgan fingerprint density at radius 3 is 2.68 bits per heavy atom. The van der Waals surface area contributed by atoms with E-state index in [-0.39, 0.29) is 12.0 Å². The minimum Gasteiger partial charge on any atom is -0.477 e. The lowest BCUT2D eigenvalue weighted by atomic mass is 9.96. The van der Waals surface area contributed by atoms with Gasteiger partial charge in [-0.2, -0.15) is 0 Å². The van der Waals surface area contributed by atoms with Gasteiger partial charge in [0, 0.05) is 19.6 Å². The number of carbonyl (C=O) groups excluding carboxylic acids is 1. The van der Waals surface area contributed by atoms with Crippen molar-refractivity contribution in [2.75, 3.05) is 44.2 Å². The van der Waals surface area contributed by atoms with Gasteiger partial charge in [0.2, 0.25) is 0 Å². The molecule has 0 aliphatic carbocycles. The van der Waals surface area contributed by atoms with Crippen LogP contribution in [0.2, 0.25) is 0 Å². The largest absolute Gasteiger partial charge is 0.477 e. The predicted molar refractivity (Wildman–Crippen MR) is 99.1 cm³/mol. The van der Waals surface area contributed by atoms with Gasteiger partial charge in [0.15, 0.2) is 6.10 Å². The molecule has 2 fully saturated rings. The zero-order chi connectivity index (χ0) is 17.1. The second-order valence-corrected chi connectivity index (χ2v) is 7.56. The molecule has 1 aromatic rings. The SMILES string of the molecule is O=C(C1CN(CC2CCNCC2)c2ccccc2O1)N1CCCCC1. The van der Waals surface area contributed by atoms with Crippen molar-refractivity contribution < 1.29 is 9.53 Å². The van der Waals surface area contributed by atoms with Crippen LogP contribution < -0.4 is 15.0 Å². The molecule has 25 heavy (non-hydrogen) atoms. The first-order valence-electron chi connectivity index (χ1n) is 9.81. The fourth-order valence-electron chi connectivity index (χ4n) is 4.30. The van der Waals surface area contributed by atoms with Crippen LogP contribution in [0, 0.1) is 5.92 Å². The Morgan fingerprint density at radius 2 is 1.88 bits per heavy atom. The third-order valence-corrected chi connectivity index (χ3v) is 5.74. The van der Waals surface area contributed by atoms with Crippen molar-refractivity contribution in [1.82, 2.24) is 10.2 Å². The molecule has 5 heteroatoms.